The number of hydrogen-bond acceptors (Lipinski definition) is 1. The molecule has 0 amide bonds. The van der Waals surface area contributed by atoms with Gasteiger partial charge in [-0.1, -0.05) is 25.7 Å². The highest BCUT2D eigenvalue weighted by atomic mass is 14.7. The minimum absolute atomic E-state index is 0.563. The molecule has 0 heterocycles. The second-order valence-electron chi connectivity index (χ2n) is 6.29. The van der Waals surface area contributed by atoms with Gasteiger partial charge in [0.15, 0.2) is 0 Å². The number of rotatable bonds is 2. The zero-order chi connectivity index (χ0) is 10.3. The fourth-order valence-corrected chi connectivity index (χ4v) is 4.13. The second kappa shape index (κ2) is 4.08. The zero-order valence-electron chi connectivity index (χ0n) is 9.83. The van der Waals surface area contributed by atoms with Crippen LogP contribution in [0.5, 0.6) is 0 Å². The SMILES string of the molecule is NC(C1CC1)C1CCC2CCCCC2C1. The topological polar surface area (TPSA) is 26.0 Å². The van der Waals surface area contributed by atoms with Crippen LogP contribution in [-0.2, 0) is 0 Å². The molecular formula is C14H25N. The molecular weight excluding hydrogens is 182 g/mol. The van der Waals surface area contributed by atoms with Gasteiger partial charge in [0, 0.05) is 6.04 Å². The summed E-state index contributed by atoms with van der Waals surface area (Å²) in [5.74, 6) is 3.94. The first-order valence-corrected chi connectivity index (χ1v) is 7.10. The van der Waals surface area contributed by atoms with E-state index < -0.39 is 0 Å². The molecule has 0 aliphatic heterocycles. The van der Waals surface area contributed by atoms with Gasteiger partial charge in [0.25, 0.3) is 0 Å². The molecule has 15 heavy (non-hydrogen) atoms. The molecule has 0 bridgehead atoms. The van der Waals surface area contributed by atoms with Crippen molar-refractivity contribution in [2.45, 2.75) is 63.8 Å². The van der Waals surface area contributed by atoms with E-state index in [4.69, 9.17) is 5.73 Å². The van der Waals surface area contributed by atoms with E-state index in [2.05, 4.69) is 0 Å². The van der Waals surface area contributed by atoms with Crippen LogP contribution in [0, 0.1) is 23.7 Å². The molecule has 0 aromatic rings. The molecule has 4 unspecified atom stereocenters. The fourth-order valence-electron chi connectivity index (χ4n) is 4.13. The van der Waals surface area contributed by atoms with E-state index in [1.165, 1.54) is 57.8 Å². The van der Waals surface area contributed by atoms with Crippen LogP contribution in [0.3, 0.4) is 0 Å². The molecule has 0 aromatic carbocycles. The Kier molecular flexibility index (Phi) is 2.76. The lowest BCUT2D eigenvalue weighted by Gasteiger charge is -2.41. The lowest BCUT2D eigenvalue weighted by Crippen LogP contribution is -2.38. The Labute approximate surface area is 93.8 Å². The van der Waals surface area contributed by atoms with Crippen LogP contribution in [-0.4, -0.2) is 6.04 Å². The minimum Gasteiger partial charge on any atom is -0.327 e. The molecule has 0 radical (unpaired) electrons. The molecule has 3 saturated carbocycles. The standard InChI is InChI=1S/C14H25N/c15-14(11-6-7-11)13-8-5-10-3-1-2-4-12(10)9-13/h10-14H,1-9,15H2. The van der Waals surface area contributed by atoms with Gasteiger partial charge in [-0.3, -0.25) is 0 Å². The maximum Gasteiger partial charge on any atom is 0.00957 e. The third-order valence-electron chi connectivity index (χ3n) is 5.29. The predicted molar refractivity (Wildman–Crippen MR) is 63.5 cm³/mol. The molecule has 0 aromatic heterocycles. The third kappa shape index (κ3) is 2.08. The van der Waals surface area contributed by atoms with E-state index >= 15 is 0 Å². The molecule has 3 fully saturated rings. The first-order chi connectivity index (χ1) is 7.34. The second-order valence-corrected chi connectivity index (χ2v) is 6.29. The summed E-state index contributed by atoms with van der Waals surface area (Å²) in [6.45, 7) is 0. The highest BCUT2D eigenvalue weighted by molar-refractivity contribution is 4.93. The Morgan fingerprint density at radius 3 is 2.13 bits per heavy atom. The summed E-state index contributed by atoms with van der Waals surface area (Å²) in [5, 5.41) is 0. The van der Waals surface area contributed by atoms with Crippen molar-refractivity contribution in [1.29, 1.82) is 0 Å². The van der Waals surface area contributed by atoms with Gasteiger partial charge in [-0.15, -0.1) is 0 Å². The van der Waals surface area contributed by atoms with Gasteiger partial charge in [-0.25, -0.2) is 0 Å². The highest BCUT2D eigenvalue weighted by Gasteiger charge is 2.39. The Morgan fingerprint density at radius 1 is 0.733 bits per heavy atom. The summed E-state index contributed by atoms with van der Waals surface area (Å²) in [7, 11) is 0. The molecule has 1 heteroatoms. The van der Waals surface area contributed by atoms with Crippen molar-refractivity contribution in [3.8, 4) is 0 Å². The lowest BCUT2D eigenvalue weighted by atomic mass is 9.66. The monoisotopic (exact) mass is 207 g/mol. The Morgan fingerprint density at radius 2 is 1.40 bits per heavy atom. The van der Waals surface area contributed by atoms with Gasteiger partial charge in [0.1, 0.15) is 0 Å². The predicted octanol–water partition coefficient (Wildman–Crippen LogP) is 3.33. The van der Waals surface area contributed by atoms with Crippen molar-refractivity contribution in [2.75, 3.05) is 0 Å². The Balaban J connectivity index is 1.59. The van der Waals surface area contributed by atoms with Crippen LogP contribution < -0.4 is 5.73 Å². The van der Waals surface area contributed by atoms with Gasteiger partial charge < -0.3 is 5.73 Å². The van der Waals surface area contributed by atoms with Crippen molar-refractivity contribution >= 4 is 0 Å². The van der Waals surface area contributed by atoms with Crippen molar-refractivity contribution < 1.29 is 0 Å². The van der Waals surface area contributed by atoms with Crippen molar-refractivity contribution in [1.82, 2.24) is 0 Å². The Hall–Kier alpha value is -0.0400. The largest absolute Gasteiger partial charge is 0.327 e. The summed E-state index contributed by atoms with van der Waals surface area (Å²) in [4.78, 5) is 0. The first kappa shape index (κ1) is 10.1. The molecule has 4 atom stereocenters. The van der Waals surface area contributed by atoms with E-state index in [0.29, 0.717) is 6.04 Å². The lowest BCUT2D eigenvalue weighted by molar-refractivity contribution is 0.113. The summed E-state index contributed by atoms with van der Waals surface area (Å²) in [5.41, 5.74) is 6.38. The number of hydrogen-bond donors (Lipinski definition) is 1. The van der Waals surface area contributed by atoms with E-state index in [9.17, 15) is 0 Å². The van der Waals surface area contributed by atoms with Gasteiger partial charge in [0.05, 0.1) is 0 Å². The number of nitrogens with two attached hydrogens (primary N) is 1. The summed E-state index contributed by atoms with van der Waals surface area (Å²) < 4.78 is 0. The molecule has 2 N–H and O–H groups in total. The van der Waals surface area contributed by atoms with Gasteiger partial charge in [0.2, 0.25) is 0 Å². The van der Waals surface area contributed by atoms with Crippen LogP contribution in [0.1, 0.15) is 57.8 Å². The van der Waals surface area contributed by atoms with Crippen LogP contribution in [0.4, 0.5) is 0 Å². The molecule has 3 aliphatic carbocycles. The first-order valence-electron chi connectivity index (χ1n) is 7.10. The van der Waals surface area contributed by atoms with Crippen molar-refractivity contribution in [3.05, 3.63) is 0 Å². The van der Waals surface area contributed by atoms with Crippen LogP contribution >= 0.6 is 0 Å². The molecule has 86 valence electrons. The maximum absolute atomic E-state index is 6.38. The molecule has 3 aliphatic rings. The third-order valence-corrected chi connectivity index (χ3v) is 5.29. The smallest absolute Gasteiger partial charge is 0.00957 e. The van der Waals surface area contributed by atoms with E-state index in [1.807, 2.05) is 0 Å². The van der Waals surface area contributed by atoms with Gasteiger partial charge >= 0.3 is 0 Å². The highest BCUT2D eigenvalue weighted by Crippen LogP contribution is 2.46. The van der Waals surface area contributed by atoms with Crippen molar-refractivity contribution in [2.24, 2.45) is 29.4 Å². The summed E-state index contributed by atoms with van der Waals surface area (Å²) >= 11 is 0. The summed E-state index contributed by atoms with van der Waals surface area (Å²) in [6, 6.07) is 0.563. The molecule has 0 saturated heterocycles. The van der Waals surface area contributed by atoms with Gasteiger partial charge in [-0.2, -0.15) is 0 Å². The molecule has 0 spiro atoms. The average molecular weight is 207 g/mol. The minimum atomic E-state index is 0.563. The quantitative estimate of drug-likeness (QED) is 0.738. The van der Waals surface area contributed by atoms with Crippen LogP contribution in [0.2, 0.25) is 0 Å². The van der Waals surface area contributed by atoms with E-state index in [1.54, 1.807) is 0 Å². The molecule has 1 nitrogen and oxygen atoms in total. The normalized spacial score (nSPS) is 43.4. The average Bonchev–Trinajstić information content (AvgIpc) is 3.11. The summed E-state index contributed by atoms with van der Waals surface area (Å²) in [6.07, 6.45) is 13.3. The Bertz CT molecular complexity index is 221. The number of fused-ring (bicyclic) bond motifs is 1. The van der Waals surface area contributed by atoms with Crippen LogP contribution in [0.25, 0.3) is 0 Å². The van der Waals surface area contributed by atoms with E-state index in [0.717, 1.165) is 23.7 Å². The molecule has 3 rings (SSSR count). The zero-order valence-corrected chi connectivity index (χ0v) is 9.83. The van der Waals surface area contributed by atoms with Gasteiger partial charge in [-0.05, 0) is 55.8 Å². The van der Waals surface area contributed by atoms with Crippen LogP contribution in [0.15, 0.2) is 0 Å². The maximum atomic E-state index is 6.38. The fraction of sp³-hybridized carbons (Fsp3) is 1.00. The van der Waals surface area contributed by atoms with E-state index in [-0.39, 0.29) is 0 Å². The van der Waals surface area contributed by atoms with Crippen molar-refractivity contribution in [3.63, 3.8) is 0 Å².